The van der Waals surface area contributed by atoms with Crippen LogP contribution in [0.15, 0.2) is 12.3 Å². The maximum absolute atomic E-state index is 12.7. The van der Waals surface area contributed by atoms with Crippen LogP contribution in [-0.4, -0.2) is 28.6 Å². The van der Waals surface area contributed by atoms with Crippen LogP contribution in [0, 0.1) is 5.41 Å². The zero-order valence-electron chi connectivity index (χ0n) is 15.6. The van der Waals surface area contributed by atoms with Gasteiger partial charge in [0.05, 0.1) is 5.56 Å². The topological polar surface area (TPSA) is 83.4 Å². The third kappa shape index (κ3) is 3.54. The van der Waals surface area contributed by atoms with E-state index in [4.69, 9.17) is 0 Å². The maximum Gasteiger partial charge on any atom is 0.339 e. The molecule has 6 nitrogen and oxygen atoms in total. The van der Waals surface area contributed by atoms with Gasteiger partial charge in [-0.15, -0.1) is 11.3 Å². The molecule has 0 spiro atoms. The number of nitrogens with zero attached hydrogens (tertiary/aromatic N) is 1. The summed E-state index contributed by atoms with van der Waals surface area (Å²) in [5, 5.41) is 16.1. The minimum absolute atomic E-state index is 0.0831. The third-order valence-corrected chi connectivity index (χ3v) is 6.10. The highest BCUT2D eigenvalue weighted by Gasteiger charge is 2.33. The van der Waals surface area contributed by atoms with E-state index in [1.165, 1.54) is 11.3 Å². The van der Waals surface area contributed by atoms with Gasteiger partial charge in [-0.25, -0.2) is 4.79 Å². The molecule has 140 valence electrons. The SMILES string of the molecule is CNCc1cc(C(=O)Nc2sc3c(c2C(=O)O)CC(C)(C)CC3)n(C)c1. The fourth-order valence-electron chi connectivity index (χ4n) is 3.56. The molecule has 0 saturated heterocycles. The number of anilines is 1. The van der Waals surface area contributed by atoms with E-state index in [9.17, 15) is 14.7 Å². The molecule has 3 N–H and O–H groups in total. The molecule has 2 aromatic rings. The summed E-state index contributed by atoms with van der Waals surface area (Å²) >= 11 is 1.40. The van der Waals surface area contributed by atoms with Crippen LogP contribution in [0.25, 0.3) is 0 Å². The first-order valence-electron chi connectivity index (χ1n) is 8.71. The monoisotopic (exact) mass is 375 g/mol. The Morgan fingerprint density at radius 1 is 1.38 bits per heavy atom. The number of rotatable bonds is 5. The molecule has 2 aromatic heterocycles. The van der Waals surface area contributed by atoms with E-state index in [1.807, 2.05) is 26.4 Å². The number of aryl methyl sites for hydroxylation is 2. The number of amides is 1. The first kappa shape index (κ1) is 18.7. The molecular formula is C19H25N3O3S. The fourth-order valence-corrected chi connectivity index (χ4v) is 4.77. The first-order valence-corrected chi connectivity index (χ1v) is 9.52. The predicted molar refractivity (Wildman–Crippen MR) is 103 cm³/mol. The predicted octanol–water partition coefficient (Wildman–Crippen LogP) is 3.27. The number of aromatic nitrogens is 1. The van der Waals surface area contributed by atoms with Crippen molar-refractivity contribution >= 4 is 28.2 Å². The average Bonchev–Trinajstić information content (AvgIpc) is 3.06. The van der Waals surface area contributed by atoms with Gasteiger partial charge in [-0.1, -0.05) is 13.8 Å². The second-order valence-corrected chi connectivity index (χ2v) is 8.79. The van der Waals surface area contributed by atoms with Gasteiger partial charge in [0.1, 0.15) is 10.7 Å². The molecule has 0 bridgehead atoms. The van der Waals surface area contributed by atoms with Crippen molar-refractivity contribution in [3.05, 3.63) is 39.5 Å². The smallest absolute Gasteiger partial charge is 0.339 e. The Labute approximate surface area is 157 Å². The molecule has 1 aliphatic carbocycles. The zero-order chi connectivity index (χ0) is 19.1. The number of carbonyl (C=O) groups is 2. The molecule has 3 rings (SSSR count). The van der Waals surface area contributed by atoms with Crippen LogP contribution in [0.1, 0.15) is 57.1 Å². The van der Waals surface area contributed by atoms with Crippen molar-refractivity contribution < 1.29 is 14.7 Å². The number of nitrogens with one attached hydrogen (secondary N) is 2. The Kier molecular flexibility index (Phi) is 4.94. The molecule has 0 aliphatic heterocycles. The van der Waals surface area contributed by atoms with Gasteiger partial charge in [0.25, 0.3) is 5.91 Å². The summed E-state index contributed by atoms with van der Waals surface area (Å²) in [6, 6.07) is 1.82. The van der Waals surface area contributed by atoms with E-state index in [0.29, 0.717) is 17.2 Å². The Bertz CT molecular complexity index is 864. The van der Waals surface area contributed by atoms with Gasteiger partial charge in [-0.3, -0.25) is 4.79 Å². The Morgan fingerprint density at radius 3 is 2.77 bits per heavy atom. The highest BCUT2D eigenvalue weighted by Crippen LogP contribution is 2.43. The fraction of sp³-hybridized carbons (Fsp3) is 0.474. The lowest BCUT2D eigenvalue weighted by molar-refractivity contribution is 0.0696. The number of hydrogen-bond donors (Lipinski definition) is 3. The van der Waals surface area contributed by atoms with Crippen molar-refractivity contribution in [3.8, 4) is 0 Å². The molecule has 0 aromatic carbocycles. The number of fused-ring (bicyclic) bond motifs is 1. The molecule has 26 heavy (non-hydrogen) atoms. The van der Waals surface area contributed by atoms with Crippen LogP contribution in [0.3, 0.4) is 0 Å². The van der Waals surface area contributed by atoms with Crippen molar-refractivity contribution in [3.63, 3.8) is 0 Å². The van der Waals surface area contributed by atoms with E-state index < -0.39 is 5.97 Å². The number of carboxylic acid groups (broad SMARTS) is 1. The van der Waals surface area contributed by atoms with E-state index >= 15 is 0 Å². The van der Waals surface area contributed by atoms with E-state index in [0.717, 1.165) is 35.3 Å². The number of carboxylic acids is 1. The molecule has 0 atom stereocenters. The third-order valence-electron chi connectivity index (χ3n) is 4.89. The van der Waals surface area contributed by atoms with Crippen LogP contribution in [-0.2, 0) is 26.4 Å². The summed E-state index contributed by atoms with van der Waals surface area (Å²) < 4.78 is 1.76. The summed E-state index contributed by atoms with van der Waals surface area (Å²) in [6.45, 7) is 4.99. The highest BCUT2D eigenvalue weighted by molar-refractivity contribution is 7.17. The molecule has 0 fully saturated rings. The largest absolute Gasteiger partial charge is 0.478 e. The second-order valence-electron chi connectivity index (χ2n) is 7.68. The van der Waals surface area contributed by atoms with Crippen molar-refractivity contribution in [2.45, 2.75) is 39.7 Å². The molecule has 2 heterocycles. The first-order chi connectivity index (χ1) is 12.2. The standard InChI is InChI=1S/C19H25N3O3S/c1-19(2)6-5-14-12(8-19)15(18(24)25)17(26-14)21-16(23)13-7-11(9-20-3)10-22(13)4/h7,10,20H,5-6,8-9H2,1-4H3,(H,21,23)(H,24,25). The number of aromatic carboxylic acids is 1. The summed E-state index contributed by atoms with van der Waals surface area (Å²) in [4.78, 5) is 25.7. The Balaban J connectivity index is 1.92. The van der Waals surface area contributed by atoms with E-state index in [1.54, 1.807) is 4.57 Å². The highest BCUT2D eigenvalue weighted by atomic mass is 32.1. The maximum atomic E-state index is 12.7. The van der Waals surface area contributed by atoms with Crippen molar-refractivity contribution in [1.29, 1.82) is 0 Å². The van der Waals surface area contributed by atoms with Gasteiger partial charge in [-0.05, 0) is 48.9 Å². The molecule has 0 unspecified atom stereocenters. The summed E-state index contributed by atoms with van der Waals surface area (Å²) in [5.41, 5.74) is 2.75. The molecule has 0 saturated carbocycles. The Hall–Kier alpha value is -2.12. The minimum atomic E-state index is -0.974. The molecule has 1 amide bonds. The van der Waals surface area contributed by atoms with Gasteiger partial charge >= 0.3 is 5.97 Å². The van der Waals surface area contributed by atoms with Gasteiger partial charge in [0.15, 0.2) is 0 Å². The van der Waals surface area contributed by atoms with Crippen LogP contribution in [0.2, 0.25) is 0 Å². The quantitative estimate of drug-likeness (QED) is 0.749. The van der Waals surface area contributed by atoms with E-state index in [2.05, 4.69) is 24.5 Å². The molecule has 1 aliphatic rings. The van der Waals surface area contributed by atoms with E-state index in [-0.39, 0.29) is 16.9 Å². The number of thiophene rings is 1. The Morgan fingerprint density at radius 2 is 2.12 bits per heavy atom. The lowest BCUT2D eigenvalue weighted by atomic mass is 9.76. The van der Waals surface area contributed by atoms with Gasteiger partial charge in [0.2, 0.25) is 0 Å². The van der Waals surface area contributed by atoms with Gasteiger partial charge in [-0.2, -0.15) is 0 Å². The lowest BCUT2D eigenvalue weighted by Crippen LogP contribution is -2.22. The van der Waals surface area contributed by atoms with Crippen molar-refractivity contribution in [2.75, 3.05) is 12.4 Å². The van der Waals surface area contributed by atoms with Crippen molar-refractivity contribution in [2.24, 2.45) is 12.5 Å². The van der Waals surface area contributed by atoms with Gasteiger partial charge in [0, 0.05) is 24.7 Å². The van der Waals surface area contributed by atoms with Gasteiger partial charge < -0.3 is 20.3 Å². The lowest BCUT2D eigenvalue weighted by Gasteiger charge is -2.29. The summed E-state index contributed by atoms with van der Waals surface area (Å²) in [7, 11) is 3.66. The normalized spacial score (nSPS) is 15.5. The second kappa shape index (κ2) is 6.89. The number of carbonyl (C=O) groups excluding carboxylic acids is 1. The molecule has 7 heteroatoms. The molecular weight excluding hydrogens is 350 g/mol. The van der Waals surface area contributed by atoms with Crippen LogP contribution >= 0.6 is 11.3 Å². The van der Waals surface area contributed by atoms with Crippen molar-refractivity contribution in [1.82, 2.24) is 9.88 Å². The van der Waals surface area contributed by atoms with Crippen LogP contribution < -0.4 is 10.6 Å². The van der Waals surface area contributed by atoms with Crippen LogP contribution in [0.5, 0.6) is 0 Å². The average molecular weight is 375 g/mol. The molecule has 0 radical (unpaired) electrons. The van der Waals surface area contributed by atoms with Crippen LogP contribution in [0.4, 0.5) is 5.00 Å². The zero-order valence-corrected chi connectivity index (χ0v) is 16.4. The number of hydrogen-bond acceptors (Lipinski definition) is 4. The summed E-state index contributed by atoms with van der Waals surface area (Å²) in [5.74, 6) is -1.26. The summed E-state index contributed by atoms with van der Waals surface area (Å²) in [6.07, 6.45) is 4.51. The minimum Gasteiger partial charge on any atom is -0.478 e.